The van der Waals surface area contributed by atoms with Gasteiger partial charge in [0.25, 0.3) is 0 Å². The molecule has 0 fully saturated rings. The zero-order valence-corrected chi connectivity index (χ0v) is 9.15. The number of methoxy groups -OCH3 is 1. The van der Waals surface area contributed by atoms with Crippen LogP contribution in [-0.2, 0) is 0 Å². The van der Waals surface area contributed by atoms with E-state index in [1.165, 1.54) is 13.2 Å². The Bertz CT molecular complexity index is 368. The maximum atomic E-state index is 11.9. The first-order valence-electron chi connectivity index (χ1n) is 3.73. The second-order valence-corrected chi connectivity index (χ2v) is 3.34. The van der Waals surface area contributed by atoms with E-state index in [-0.39, 0.29) is 15.9 Å². The second kappa shape index (κ2) is 4.18. The van der Waals surface area contributed by atoms with Gasteiger partial charge in [-0.3, -0.25) is 0 Å². The van der Waals surface area contributed by atoms with Gasteiger partial charge in [-0.2, -0.15) is 0 Å². The van der Waals surface area contributed by atoms with Crippen LogP contribution < -0.4 is 15.2 Å². The van der Waals surface area contributed by atoms with Crippen molar-refractivity contribution in [2.75, 3.05) is 12.8 Å². The van der Waals surface area contributed by atoms with Gasteiger partial charge >= 0.3 is 6.36 Å². The van der Waals surface area contributed by atoms with Gasteiger partial charge in [-0.15, -0.1) is 13.2 Å². The lowest BCUT2D eigenvalue weighted by Crippen LogP contribution is -2.17. The van der Waals surface area contributed by atoms with Crippen LogP contribution in [0.15, 0.2) is 16.6 Å². The predicted octanol–water partition coefficient (Wildman–Crippen LogP) is 2.94. The molecule has 3 nitrogen and oxygen atoms in total. The summed E-state index contributed by atoms with van der Waals surface area (Å²) < 4.78 is 44.4. The van der Waals surface area contributed by atoms with E-state index in [1.807, 2.05) is 0 Å². The molecular weight excluding hydrogens is 279 g/mol. The van der Waals surface area contributed by atoms with Gasteiger partial charge in [0.1, 0.15) is 10.2 Å². The summed E-state index contributed by atoms with van der Waals surface area (Å²) in [5, 5.41) is 0. The highest BCUT2D eigenvalue weighted by atomic mass is 79.9. The average Bonchev–Trinajstić information content (AvgIpc) is 2.09. The van der Waals surface area contributed by atoms with E-state index in [9.17, 15) is 13.2 Å². The second-order valence-electron chi connectivity index (χ2n) is 2.55. The fraction of sp³-hybridized carbons (Fsp3) is 0.250. The molecule has 0 saturated carbocycles. The molecule has 0 aliphatic carbocycles. The van der Waals surface area contributed by atoms with Crippen LogP contribution in [0.2, 0.25) is 0 Å². The minimum absolute atomic E-state index is 0.0299. The molecule has 1 rings (SSSR count). The highest BCUT2D eigenvalue weighted by Gasteiger charge is 2.32. The summed E-state index contributed by atoms with van der Waals surface area (Å²) in [7, 11) is 1.30. The number of ether oxygens (including phenoxy) is 2. The predicted molar refractivity (Wildman–Crippen MR) is 51.8 cm³/mol. The minimum atomic E-state index is -4.75. The molecule has 0 heterocycles. The maximum absolute atomic E-state index is 11.9. The molecule has 0 saturated heterocycles. The van der Waals surface area contributed by atoms with E-state index in [2.05, 4.69) is 20.7 Å². The van der Waals surface area contributed by atoms with Gasteiger partial charge in [0, 0.05) is 0 Å². The van der Waals surface area contributed by atoms with Gasteiger partial charge in [-0.25, -0.2) is 0 Å². The Morgan fingerprint density at radius 3 is 2.40 bits per heavy atom. The number of hydrogen-bond donors (Lipinski definition) is 1. The highest BCUT2D eigenvalue weighted by Crippen LogP contribution is 2.40. The summed E-state index contributed by atoms with van der Waals surface area (Å²) in [6.07, 6.45) is -4.75. The van der Waals surface area contributed by atoms with Crippen molar-refractivity contribution in [3.8, 4) is 11.5 Å². The van der Waals surface area contributed by atoms with Gasteiger partial charge in [0.15, 0.2) is 5.75 Å². The standard InChI is InChI=1S/C8H7BrF3NO2/c1-14-7-4(13)2-3-5(6(7)9)15-8(10,11)12/h2-3H,13H2,1H3. The van der Waals surface area contributed by atoms with Crippen LogP contribution in [0.5, 0.6) is 11.5 Å². The van der Waals surface area contributed by atoms with Gasteiger partial charge in [0.05, 0.1) is 12.8 Å². The zero-order chi connectivity index (χ0) is 11.6. The Morgan fingerprint density at radius 1 is 1.33 bits per heavy atom. The van der Waals surface area contributed by atoms with Crippen LogP contribution in [-0.4, -0.2) is 13.5 Å². The van der Waals surface area contributed by atoms with Crippen molar-refractivity contribution in [1.82, 2.24) is 0 Å². The van der Waals surface area contributed by atoms with Crippen molar-refractivity contribution in [1.29, 1.82) is 0 Å². The molecule has 0 aliphatic heterocycles. The smallest absolute Gasteiger partial charge is 0.493 e. The molecule has 2 N–H and O–H groups in total. The van der Waals surface area contributed by atoms with E-state index in [1.54, 1.807) is 0 Å². The number of nitrogens with two attached hydrogens (primary N) is 1. The summed E-state index contributed by atoms with van der Waals surface area (Å²) in [5.74, 6) is -0.287. The summed E-state index contributed by atoms with van der Waals surface area (Å²) in [6.45, 7) is 0. The number of nitrogen functional groups attached to an aromatic ring is 1. The molecule has 84 valence electrons. The lowest BCUT2D eigenvalue weighted by molar-refractivity contribution is -0.274. The summed E-state index contributed by atoms with van der Waals surface area (Å²) >= 11 is 2.91. The van der Waals surface area contributed by atoms with E-state index < -0.39 is 12.1 Å². The third-order valence-corrected chi connectivity index (χ3v) is 2.27. The van der Waals surface area contributed by atoms with Gasteiger partial charge in [-0.05, 0) is 28.1 Å². The quantitative estimate of drug-likeness (QED) is 0.850. The Hall–Kier alpha value is -1.11. The van der Waals surface area contributed by atoms with Crippen LogP contribution in [0.25, 0.3) is 0 Å². The molecule has 1 aromatic carbocycles. The van der Waals surface area contributed by atoms with E-state index >= 15 is 0 Å². The number of hydrogen-bond acceptors (Lipinski definition) is 3. The van der Waals surface area contributed by atoms with Crippen molar-refractivity contribution >= 4 is 21.6 Å². The normalized spacial score (nSPS) is 11.3. The summed E-state index contributed by atoms with van der Waals surface area (Å²) in [6, 6.07) is 2.38. The molecular formula is C8H7BrF3NO2. The lowest BCUT2D eigenvalue weighted by Gasteiger charge is -2.13. The molecule has 0 atom stereocenters. The number of rotatable bonds is 2. The van der Waals surface area contributed by atoms with Crippen LogP contribution in [0, 0.1) is 0 Å². The minimum Gasteiger partial charge on any atom is -0.493 e. The zero-order valence-electron chi connectivity index (χ0n) is 7.56. The molecule has 0 aliphatic rings. The van der Waals surface area contributed by atoms with E-state index in [4.69, 9.17) is 10.5 Å². The Kier molecular flexibility index (Phi) is 3.33. The number of benzene rings is 1. The largest absolute Gasteiger partial charge is 0.573 e. The van der Waals surface area contributed by atoms with Crippen molar-refractivity contribution in [2.45, 2.75) is 6.36 Å². The Morgan fingerprint density at radius 2 is 1.93 bits per heavy atom. The molecule has 0 spiro atoms. The maximum Gasteiger partial charge on any atom is 0.573 e. The third-order valence-electron chi connectivity index (χ3n) is 1.52. The summed E-state index contributed by atoms with van der Waals surface area (Å²) in [5.41, 5.74) is 5.69. The van der Waals surface area contributed by atoms with Crippen molar-refractivity contribution < 1.29 is 22.6 Å². The topological polar surface area (TPSA) is 44.5 Å². The van der Waals surface area contributed by atoms with Crippen molar-refractivity contribution in [2.24, 2.45) is 0 Å². The van der Waals surface area contributed by atoms with Gasteiger partial charge in [0.2, 0.25) is 0 Å². The summed E-state index contributed by atoms with van der Waals surface area (Å²) in [4.78, 5) is 0. The first-order valence-corrected chi connectivity index (χ1v) is 4.52. The third kappa shape index (κ3) is 2.92. The number of anilines is 1. The van der Waals surface area contributed by atoms with Gasteiger partial charge in [-0.1, -0.05) is 0 Å². The molecule has 0 radical (unpaired) electrons. The number of alkyl halides is 3. The molecule has 0 amide bonds. The lowest BCUT2D eigenvalue weighted by atomic mass is 10.3. The van der Waals surface area contributed by atoms with Crippen LogP contribution >= 0.6 is 15.9 Å². The molecule has 7 heteroatoms. The fourth-order valence-electron chi connectivity index (χ4n) is 0.964. The molecule has 0 bridgehead atoms. The Balaban J connectivity index is 3.11. The molecule has 0 unspecified atom stereocenters. The van der Waals surface area contributed by atoms with Crippen molar-refractivity contribution in [3.05, 3.63) is 16.6 Å². The van der Waals surface area contributed by atoms with E-state index in [0.29, 0.717) is 0 Å². The SMILES string of the molecule is COc1c(N)ccc(OC(F)(F)F)c1Br. The first-order chi connectivity index (χ1) is 6.85. The molecule has 0 aromatic heterocycles. The van der Waals surface area contributed by atoms with Crippen molar-refractivity contribution in [3.63, 3.8) is 0 Å². The fourth-order valence-corrected chi connectivity index (χ4v) is 1.57. The van der Waals surface area contributed by atoms with Crippen LogP contribution in [0.4, 0.5) is 18.9 Å². The van der Waals surface area contributed by atoms with Gasteiger partial charge < -0.3 is 15.2 Å². The Labute approximate surface area is 92.1 Å². The average molecular weight is 286 g/mol. The highest BCUT2D eigenvalue weighted by molar-refractivity contribution is 9.10. The van der Waals surface area contributed by atoms with Crippen LogP contribution in [0.1, 0.15) is 0 Å². The molecule has 1 aromatic rings. The van der Waals surface area contributed by atoms with E-state index in [0.717, 1.165) is 6.07 Å². The van der Waals surface area contributed by atoms with Crippen LogP contribution in [0.3, 0.4) is 0 Å². The monoisotopic (exact) mass is 285 g/mol. The molecule has 15 heavy (non-hydrogen) atoms. The first kappa shape index (κ1) is 12.0. The number of halogens is 4.